The first-order valence-corrected chi connectivity index (χ1v) is 5.33. The summed E-state index contributed by atoms with van der Waals surface area (Å²) in [6, 6.07) is 4.18. The van der Waals surface area contributed by atoms with Crippen LogP contribution in [0.4, 0.5) is 10.1 Å². The number of hydrogen-bond acceptors (Lipinski definition) is 3. The van der Waals surface area contributed by atoms with Crippen molar-refractivity contribution in [3.63, 3.8) is 0 Å². The van der Waals surface area contributed by atoms with Gasteiger partial charge in [-0.15, -0.1) is 0 Å². The second-order valence-electron chi connectivity index (χ2n) is 3.85. The molecule has 2 aromatic rings. The number of H-pyrrole nitrogens is 1. The number of amides is 1. The molecule has 0 saturated carbocycles. The average molecular weight is 263 g/mol. The van der Waals surface area contributed by atoms with Crippen molar-refractivity contribution in [1.29, 1.82) is 0 Å². The van der Waals surface area contributed by atoms with E-state index in [2.05, 4.69) is 15.3 Å². The zero-order chi connectivity index (χ0) is 14.0. The molecule has 7 heteroatoms. The maximum atomic E-state index is 13.3. The third kappa shape index (κ3) is 2.59. The molecule has 1 heterocycles. The highest BCUT2D eigenvalue weighted by atomic mass is 19.1. The van der Waals surface area contributed by atoms with Crippen molar-refractivity contribution < 1.29 is 19.1 Å². The van der Waals surface area contributed by atoms with E-state index in [-0.39, 0.29) is 17.1 Å². The molecule has 0 spiro atoms. The molecule has 3 N–H and O–H groups in total. The fourth-order valence-electron chi connectivity index (χ4n) is 1.49. The predicted molar refractivity (Wildman–Crippen MR) is 64.6 cm³/mol. The number of nitrogens with one attached hydrogen (secondary N) is 2. The molecule has 1 aromatic heterocycles. The number of hydrogen-bond donors (Lipinski definition) is 3. The molecule has 1 amide bonds. The Morgan fingerprint density at radius 3 is 2.79 bits per heavy atom. The summed E-state index contributed by atoms with van der Waals surface area (Å²) < 4.78 is 13.3. The molecular formula is C12H10FN3O3. The van der Waals surface area contributed by atoms with Gasteiger partial charge in [0.15, 0.2) is 11.4 Å². The standard InChI is InChI=1S/C12H10FN3O3/c1-6-2-3-7(4-8(6)13)16-11(17)9-10(12(18)19)15-5-14-9/h2-5H,1H3,(H,14,15)(H,16,17)(H,18,19). The monoisotopic (exact) mass is 263 g/mol. The van der Waals surface area contributed by atoms with Gasteiger partial charge in [-0.1, -0.05) is 6.07 Å². The minimum absolute atomic E-state index is 0.229. The van der Waals surface area contributed by atoms with Gasteiger partial charge < -0.3 is 15.4 Å². The second kappa shape index (κ2) is 4.89. The molecule has 0 atom stereocenters. The van der Waals surface area contributed by atoms with Gasteiger partial charge in [0.2, 0.25) is 0 Å². The summed E-state index contributed by atoms with van der Waals surface area (Å²) in [5.74, 6) is -2.47. The van der Waals surface area contributed by atoms with E-state index < -0.39 is 17.7 Å². The van der Waals surface area contributed by atoms with Crippen LogP contribution in [0.25, 0.3) is 0 Å². The van der Waals surface area contributed by atoms with Crippen LogP contribution < -0.4 is 5.32 Å². The van der Waals surface area contributed by atoms with Gasteiger partial charge in [-0.05, 0) is 24.6 Å². The van der Waals surface area contributed by atoms with Crippen LogP contribution in [-0.4, -0.2) is 27.0 Å². The number of nitrogens with zero attached hydrogens (tertiary/aromatic N) is 1. The number of halogens is 1. The first-order chi connectivity index (χ1) is 8.99. The third-order valence-electron chi connectivity index (χ3n) is 2.50. The molecule has 0 aliphatic carbocycles. The fourth-order valence-corrected chi connectivity index (χ4v) is 1.49. The first kappa shape index (κ1) is 12.7. The topological polar surface area (TPSA) is 95.1 Å². The Morgan fingerprint density at radius 1 is 1.42 bits per heavy atom. The Morgan fingerprint density at radius 2 is 2.16 bits per heavy atom. The van der Waals surface area contributed by atoms with Crippen molar-refractivity contribution in [3.8, 4) is 0 Å². The number of aromatic nitrogens is 2. The van der Waals surface area contributed by atoms with E-state index in [9.17, 15) is 14.0 Å². The molecule has 0 saturated heterocycles. The number of aryl methyl sites for hydroxylation is 1. The Balaban J connectivity index is 2.23. The minimum Gasteiger partial charge on any atom is -0.477 e. The van der Waals surface area contributed by atoms with Crippen LogP contribution >= 0.6 is 0 Å². The maximum absolute atomic E-state index is 13.3. The normalized spacial score (nSPS) is 10.2. The smallest absolute Gasteiger partial charge is 0.354 e. The van der Waals surface area contributed by atoms with Gasteiger partial charge in [-0.2, -0.15) is 0 Å². The summed E-state index contributed by atoms with van der Waals surface area (Å²) in [6.45, 7) is 1.59. The lowest BCUT2D eigenvalue weighted by Crippen LogP contribution is -2.16. The van der Waals surface area contributed by atoms with Gasteiger partial charge in [0.05, 0.1) is 6.33 Å². The molecule has 19 heavy (non-hydrogen) atoms. The molecular weight excluding hydrogens is 253 g/mol. The third-order valence-corrected chi connectivity index (χ3v) is 2.50. The number of carbonyl (C=O) groups excluding carboxylic acids is 1. The van der Waals surface area contributed by atoms with Crippen molar-refractivity contribution in [2.24, 2.45) is 0 Å². The Hall–Kier alpha value is -2.70. The van der Waals surface area contributed by atoms with Crippen LogP contribution in [0.2, 0.25) is 0 Å². The molecule has 0 bridgehead atoms. The van der Waals surface area contributed by atoms with E-state index >= 15 is 0 Å². The minimum atomic E-state index is -1.29. The van der Waals surface area contributed by atoms with Crippen LogP contribution in [0, 0.1) is 12.7 Å². The molecule has 0 aliphatic heterocycles. The largest absolute Gasteiger partial charge is 0.477 e. The number of benzene rings is 1. The predicted octanol–water partition coefficient (Wildman–Crippen LogP) is 1.81. The number of aromatic amines is 1. The van der Waals surface area contributed by atoms with Gasteiger partial charge in [0, 0.05) is 5.69 Å². The number of anilines is 1. The van der Waals surface area contributed by atoms with E-state index in [1.54, 1.807) is 6.92 Å². The molecule has 2 rings (SSSR count). The van der Waals surface area contributed by atoms with E-state index in [0.29, 0.717) is 5.56 Å². The van der Waals surface area contributed by atoms with Crippen molar-refractivity contribution in [1.82, 2.24) is 9.97 Å². The van der Waals surface area contributed by atoms with Gasteiger partial charge in [-0.25, -0.2) is 14.2 Å². The summed E-state index contributed by atoms with van der Waals surface area (Å²) in [5.41, 5.74) is 0.106. The molecule has 0 aliphatic rings. The zero-order valence-corrected chi connectivity index (χ0v) is 9.90. The Kier molecular flexibility index (Phi) is 3.28. The van der Waals surface area contributed by atoms with Crippen molar-refractivity contribution in [3.05, 3.63) is 47.3 Å². The van der Waals surface area contributed by atoms with Crippen LogP contribution in [0.1, 0.15) is 26.5 Å². The summed E-state index contributed by atoms with van der Waals surface area (Å²) in [6.07, 6.45) is 1.11. The molecule has 6 nitrogen and oxygen atoms in total. The number of aromatic carboxylic acids is 1. The van der Waals surface area contributed by atoms with Gasteiger partial charge in [0.25, 0.3) is 5.91 Å². The van der Waals surface area contributed by atoms with Crippen LogP contribution in [0.5, 0.6) is 0 Å². The van der Waals surface area contributed by atoms with Gasteiger partial charge in [-0.3, -0.25) is 4.79 Å². The number of imidazole rings is 1. The van der Waals surface area contributed by atoms with Gasteiger partial charge >= 0.3 is 5.97 Å². The summed E-state index contributed by atoms with van der Waals surface area (Å²) in [7, 11) is 0. The molecule has 0 fully saturated rings. The lowest BCUT2D eigenvalue weighted by molar-refractivity contribution is 0.0686. The lowest BCUT2D eigenvalue weighted by Gasteiger charge is -2.05. The summed E-state index contributed by atoms with van der Waals surface area (Å²) >= 11 is 0. The van der Waals surface area contributed by atoms with E-state index in [4.69, 9.17) is 5.11 Å². The lowest BCUT2D eigenvalue weighted by atomic mass is 10.2. The SMILES string of the molecule is Cc1ccc(NC(=O)c2nc[nH]c2C(=O)O)cc1F. The molecule has 0 unspecified atom stereocenters. The van der Waals surface area contributed by atoms with Crippen LogP contribution in [-0.2, 0) is 0 Å². The van der Waals surface area contributed by atoms with Gasteiger partial charge in [0.1, 0.15) is 5.82 Å². The number of rotatable bonds is 3. The number of carboxylic acid groups (broad SMARTS) is 1. The first-order valence-electron chi connectivity index (χ1n) is 5.33. The second-order valence-corrected chi connectivity index (χ2v) is 3.85. The maximum Gasteiger partial charge on any atom is 0.354 e. The van der Waals surface area contributed by atoms with Crippen molar-refractivity contribution >= 4 is 17.6 Å². The van der Waals surface area contributed by atoms with Crippen molar-refractivity contribution in [2.45, 2.75) is 6.92 Å². The van der Waals surface area contributed by atoms with E-state index in [1.165, 1.54) is 12.1 Å². The quantitative estimate of drug-likeness (QED) is 0.787. The van der Waals surface area contributed by atoms with E-state index in [0.717, 1.165) is 12.4 Å². The average Bonchev–Trinajstić information content (AvgIpc) is 2.83. The summed E-state index contributed by atoms with van der Waals surface area (Å²) in [5, 5.41) is 11.2. The van der Waals surface area contributed by atoms with Crippen molar-refractivity contribution in [2.75, 3.05) is 5.32 Å². The fraction of sp³-hybridized carbons (Fsp3) is 0.0833. The Bertz CT molecular complexity index is 651. The summed E-state index contributed by atoms with van der Waals surface area (Å²) in [4.78, 5) is 28.6. The number of carboxylic acids is 1. The highest BCUT2D eigenvalue weighted by molar-refractivity contribution is 6.08. The molecule has 98 valence electrons. The zero-order valence-electron chi connectivity index (χ0n) is 9.90. The van der Waals surface area contributed by atoms with Crippen LogP contribution in [0.15, 0.2) is 24.5 Å². The van der Waals surface area contributed by atoms with Crippen LogP contribution in [0.3, 0.4) is 0 Å². The highest BCUT2D eigenvalue weighted by Crippen LogP contribution is 2.15. The number of carbonyl (C=O) groups is 2. The molecule has 0 radical (unpaired) electrons. The molecule has 1 aromatic carbocycles. The highest BCUT2D eigenvalue weighted by Gasteiger charge is 2.19. The Labute approximate surface area is 107 Å². The van der Waals surface area contributed by atoms with E-state index in [1.807, 2.05) is 0 Å².